The molecule has 2 aromatic carbocycles. The lowest BCUT2D eigenvalue weighted by atomic mass is 10.0. The molecule has 0 saturated carbocycles. The van der Waals surface area contributed by atoms with Crippen LogP contribution in [-0.4, -0.2) is 43.4 Å². The summed E-state index contributed by atoms with van der Waals surface area (Å²) in [5.74, 6) is -2.71. The molecule has 0 unspecified atom stereocenters. The van der Waals surface area contributed by atoms with Gasteiger partial charge in [0.2, 0.25) is 0 Å². The van der Waals surface area contributed by atoms with Crippen molar-refractivity contribution in [3.8, 4) is 0 Å². The molecular weight excluding hydrogens is 446 g/mol. The minimum absolute atomic E-state index is 0.131. The van der Waals surface area contributed by atoms with Gasteiger partial charge in [-0.3, -0.25) is 9.59 Å². The van der Waals surface area contributed by atoms with Crippen molar-refractivity contribution in [2.45, 2.75) is 12.4 Å². The van der Waals surface area contributed by atoms with Crippen LogP contribution in [0.4, 0.5) is 32.0 Å². The standard InChI is InChI=1S/C20H16F6N2O4/c1-28(2)17(30)11-3-5-15(6-4-11)27-16(29)10-32-18(31)12-7-13(19(21,22)23)9-14(8-12)20(24,25)26/h3-9H,10H2,1-2H3,(H,27,29). The summed E-state index contributed by atoms with van der Waals surface area (Å²) in [6, 6.07) is 5.90. The average molecular weight is 462 g/mol. The Morgan fingerprint density at radius 3 is 1.78 bits per heavy atom. The highest BCUT2D eigenvalue weighted by Crippen LogP contribution is 2.36. The van der Waals surface area contributed by atoms with Crippen LogP contribution in [0.15, 0.2) is 42.5 Å². The molecule has 0 aliphatic heterocycles. The lowest BCUT2D eigenvalue weighted by molar-refractivity contribution is -0.143. The Morgan fingerprint density at radius 1 is 0.844 bits per heavy atom. The minimum atomic E-state index is -5.13. The highest BCUT2D eigenvalue weighted by Gasteiger charge is 2.37. The summed E-state index contributed by atoms with van der Waals surface area (Å²) in [4.78, 5) is 37.0. The smallest absolute Gasteiger partial charge is 0.416 e. The summed E-state index contributed by atoms with van der Waals surface area (Å²) >= 11 is 0. The summed E-state index contributed by atoms with van der Waals surface area (Å²) < 4.78 is 81.8. The van der Waals surface area contributed by atoms with Gasteiger partial charge in [-0.1, -0.05) is 0 Å². The molecule has 6 nitrogen and oxygen atoms in total. The van der Waals surface area contributed by atoms with Gasteiger partial charge in [-0.2, -0.15) is 26.3 Å². The maximum Gasteiger partial charge on any atom is 0.416 e. The predicted octanol–water partition coefficient (Wildman–Crippen LogP) is 4.22. The number of nitrogens with one attached hydrogen (secondary N) is 1. The summed E-state index contributed by atoms with van der Waals surface area (Å²) in [5.41, 5.74) is -3.82. The number of nitrogens with zero attached hydrogens (tertiary/aromatic N) is 1. The van der Waals surface area contributed by atoms with Gasteiger partial charge in [-0.25, -0.2) is 4.79 Å². The van der Waals surface area contributed by atoms with E-state index in [4.69, 9.17) is 0 Å². The van der Waals surface area contributed by atoms with Gasteiger partial charge in [0.15, 0.2) is 6.61 Å². The zero-order chi connectivity index (χ0) is 24.3. The van der Waals surface area contributed by atoms with Gasteiger partial charge in [-0.05, 0) is 42.5 Å². The molecule has 32 heavy (non-hydrogen) atoms. The normalized spacial score (nSPS) is 11.6. The Morgan fingerprint density at radius 2 is 1.34 bits per heavy atom. The predicted molar refractivity (Wildman–Crippen MR) is 99.8 cm³/mol. The molecule has 0 fully saturated rings. The van der Waals surface area contributed by atoms with Gasteiger partial charge in [0.1, 0.15) is 0 Å². The number of alkyl halides is 6. The monoisotopic (exact) mass is 462 g/mol. The largest absolute Gasteiger partial charge is 0.452 e. The van der Waals surface area contributed by atoms with Crippen LogP contribution >= 0.6 is 0 Å². The lowest BCUT2D eigenvalue weighted by Gasteiger charge is -2.14. The van der Waals surface area contributed by atoms with E-state index in [0.29, 0.717) is 5.56 Å². The molecule has 12 heteroatoms. The number of hydrogen-bond acceptors (Lipinski definition) is 4. The van der Waals surface area contributed by atoms with Crippen LogP contribution in [0.2, 0.25) is 0 Å². The molecule has 0 radical (unpaired) electrons. The number of halogens is 6. The maximum atomic E-state index is 12.9. The van der Waals surface area contributed by atoms with Crippen molar-refractivity contribution in [3.63, 3.8) is 0 Å². The van der Waals surface area contributed by atoms with E-state index >= 15 is 0 Å². The molecule has 172 valence electrons. The van der Waals surface area contributed by atoms with Gasteiger partial charge in [0.25, 0.3) is 11.8 Å². The number of carbonyl (C=O) groups is 3. The first-order valence-electron chi connectivity index (χ1n) is 8.76. The van der Waals surface area contributed by atoms with E-state index in [0.717, 1.165) is 0 Å². The summed E-state index contributed by atoms with van der Waals surface area (Å²) in [6.07, 6.45) is -10.3. The number of rotatable bonds is 5. The van der Waals surface area contributed by atoms with Crippen molar-refractivity contribution in [3.05, 3.63) is 64.7 Å². The SMILES string of the molecule is CN(C)C(=O)c1ccc(NC(=O)COC(=O)c2cc(C(F)(F)F)cc(C(F)(F)F)c2)cc1. The molecule has 1 N–H and O–H groups in total. The van der Waals surface area contributed by atoms with Gasteiger partial charge < -0.3 is 15.0 Å². The molecular formula is C20H16F6N2O4. The van der Waals surface area contributed by atoms with E-state index in [-0.39, 0.29) is 29.8 Å². The fourth-order valence-corrected chi connectivity index (χ4v) is 2.44. The second-order valence-corrected chi connectivity index (χ2v) is 6.70. The molecule has 0 spiro atoms. The Kier molecular flexibility index (Phi) is 7.17. The molecule has 0 aromatic heterocycles. The molecule has 0 atom stereocenters. The van der Waals surface area contributed by atoms with Crippen molar-refractivity contribution in [2.75, 3.05) is 26.0 Å². The Balaban J connectivity index is 2.07. The topological polar surface area (TPSA) is 75.7 Å². The van der Waals surface area contributed by atoms with Crippen LogP contribution in [0.3, 0.4) is 0 Å². The fourth-order valence-electron chi connectivity index (χ4n) is 2.44. The van der Waals surface area contributed by atoms with E-state index in [1.165, 1.54) is 29.2 Å². The van der Waals surface area contributed by atoms with E-state index in [9.17, 15) is 40.7 Å². The molecule has 0 saturated heterocycles. The van der Waals surface area contributed by atoms with Gasteiger partial charge in [0.05, 0.1) is 16.7 Å². The van der Waals surface area contributed by atoms with E-state index in [1.807, 2.05) is 0 Å². The molecule has 2 rings (SSSR count). The lowest BCUT2D eigenvalue weighted by Crippen LogP contribution is -2.22. The molecule has 2 amide bonds. The van der Waals surface area contributed by atoms with Crippen molar-refractivity contribution < 1.29 is 45.5 Å². The number of benzene rings is 2. The zero-order valence-corrected chi connectivity index (χ0v) is 16.6. The summed E-state index contributed by atoms with van der Waals surface area (Å²) in [6.45, 7) is -0.963. The van der Waals surface area contributed by atoms with Crippen LogP contribution in [-0.2, 0) is 21.9 Å². The Labute approximate surface area is 177 Å². The average Bonchev–Trinajstić information content (AvgIpc) is 2.70. The summed E-state index contributed by atoms with van der Waals surface area (Å²) in [5, 5.41) is 2.31. The number of carbonyl (C=O) groups excluding carboxylic acids is 3. The maximum absolute atomic E-state index is 12.9. The molecule has 0 bridgehead atoms. The van der Waals surface area contributed by atoms with Crippen LogP contribution in [0, 0.1) is 0 Å². The number of amides is 2. The third-order valence-electron chi connectivity index (χ3n) is 3.98. The first-order chi connectivity index (χ1) is 14.7. The van der Waals surface area contributed by atoms with Crippen LogP contribution in [0.25, 0.3) is 0 Å². The summed E-state index contributed by atoms with van der Waals surface area (Å²) in [7, 11) is 3.10. The number of anilines is 1. The Hall–Kier alpha value is -3.57. The Bertz CT molecular complexity index is 982. The van der Waals surface area contributed by atoms with Gasteiger partial charge in [-0.15, -0.1) is 0 Å². The van der Waals surface area contributed by atoms with Crippen LogP contribution < -0.4 is 5.32 Å². The quantitative estimate of drug-likeness (QED) is 0.534. The van der Waals surface area contributed by atoms with Crippen molar-refractivity contribution in [2.24, 2.45) is 0 Å². The fraction of sp³-hybridized carbons (Fsp3) is 0.250. The molecule has 2 aromatic rings. The first kappa shape index (κ1) is 24.7. The number of hydrogen-bond donors (Lipinski definition) is 1. The molecule has 0 aliphatic carbocycles. The highest BCUT2D eigenvalue weighted by atomic mass is 19.4. The van der Waals surface area contributed by atoms with E-state index in [1.54, 1.807) is 14.1 Å². The van der Waals surface area contributed by atoms with Crippen molar-refractivity contribution >= 4 is 23.5 Å². The molecule has 0 aliphatic rings. The molecule has 0 heterocycles. The minimum Gasteiger partial charge on any atom is -0.452 e. The second-order valence-electron chi connectivity index (χ2n) is 6.70. The third-order valence-corrected chi connectivity index (χ3v) is 3.98. The van der Waals surface area contributed by atoms with Crippen LogP contribution in [0.5, 0.6) is 0 Å². The number of esters is 1. The van der Waals surface area contributed by atoms with Crippen LogP contribution in [0.1, 0.15) is 31.8 Å². The van der Waals surface area contributed by atoms with E-state index < -0.39 is 47.5 Å². The zero-order valence-electron chi connectivity index (χ0n) is 16.6. The van der Waals surface area contributed by atoms with Crippen molar-refractivity contribution in [1.29, 1.82) is 0 Å². The van der Waals surface area contributed by atoms with Gasteiger partial charge >= 0.3 is 18.3 Å². The van der Waals surface area contributed by atoms with E-state index in [2.05, 4.69) is 10.1 Å². The second kappa shape index (κ2) is 9.28. The van der Waals surface area contributed by atoms with Crippen molar-refractivity contribution in [1.82, 2.24) is 4.90 Å². The number of ether oxygens (including phenoxy) is 1. The first-order valence-corrected chi connectivity index (χ1v) is 8.76. The van der Waals surface area contributed by atoms with Gasteiger partial charge in [0, 0.05) is 25.3 Å². The third kappa shape index (κ3) is 6.46. The highest BCUT2D eigenvalue weighted by molar-refractivity contribution is 5.97.